The van der Waals surface area contributed by atoms with Crippen molar-refractivity contribution in [2.24, 2.45) is 31.8 Å². The molecule has 35 nitrogen and oxygen atoms in total. The van der Waals surface area contributed by atoms with E-state index in [2.05, 4.69) is 142 Å². The molecule has 6 aromatic heterocycles. The maximum Gasteiger partial charge on any atom is 0.251 e. The number of ether oxygens (including phenoxy) is 6. The predicted molar refractivity (Wildman–Crippen MR) is 523 cm³/mol. The number of aryl methyl sites for hydroxylation is 3. The number of rotatable bonds is 19. The molecule has 40 heteroatoms. The zero-order chi connectivity index (χ0) is 98.3. The monoisotopic (exact) mass is 1950 g/mol. The summed E-state index contributed by atoms with van der Waals surface area (Å²) in [5, 5.41) is 79.0. The van der Waals surface area contributed by atoms with E-state index in [0.717, 1.165) is 100 Å². The van der Waals surface area contributed by atoms with Crippen LogP contribution in [-0.2, 0) is 104 Å². The number of para-hydroxylation sites is 6. The molecule has 3 unspecified atom stereocenters. The highest BCUT2D eigenvalue weighted by Crippen LogP contribution is 2.38. The van der Waals surface area contributed by atoms with E-state index < -0.39 is 46.0 Å². The first-order chi connectivity index (χ1) is 65.2. The molecule has 6 fully saturated rings. The van der Waals surface area contributed by atoms with E-state index in [1.165, 1.54) is 17.7 Å². The molecule has 0 spiro atoms. The fourth-order valence-corrected chi connectivity index (χ4v) is 18.3. The quantitative estimate of drug-likeness (QED) is 0.0358. The Morgan fingerprint density at radius 1 is 0.372 bits per heavy atom. The third-order valence-electron chi connectivity index (χ3n) is 24.8. The van der Waals surface area contributed by atoms with E-state index in [1.807, 2.05) is 143 Å². The fraction of sp³-hybridized carbons (Fsp3) is 0.505. The SMILES string of the molecule is CC(C)(CC(=O)C1CNCCOC1)c1[nH]nc2c(Cl)cccc12.CC(C)(NC(=O)C1CNCCOC1)c1[nH]nc2c(F)cccc12.CC(C)(NC(=O)[C@@H]1CNCCO1)c1[nH]nc2c(Cl)cccc12.CC(C)(NC(=O)[C@@H]1CNCCO1)c1[nH]nc2c(F)cccc12.Cc1cccc2c(C(C)(C)NC(=O)[C@@H]3CNCCO3)nn(C)c12.Cn1nc(C(C)(C)NC(=O)C2CNCCOC2)c2cccc(Cl)c21. The van der Waals surface area contributed by atoms with E-state index in [9.17, 15) is 37.5 Å². The second-order valence-electron chi connectivity index (χ2n) is 38.2. The maximum atomic E-state index is 13.8. The first kappa shape index (κ1) is 104. The minimum absolute atomic E-state index is 0.0322. The molecule has 6 saturated heterocycles. The lowest BCUT2D eigenvalue weighted by Gasteiger charge is -2.30. The van der Waals surface area contributed by atoms with Crippen molar-refractivity contribution in [2.75, 3.05) is 138 Å². The van der Waals surface area contributed by atoms with Crippen molar-refractivity contribution >= 4 is 136 Å². The average molecular weight is 1950 g/mol. The van der Waals surface area contributed by atoms with Gasteiger partial charge in [-0.2, -0.15) is 30.6 Å². The first-order valence-electron chi connectivity index (χ1n) is 46.3. The Hall–Kier alpha value is -10.6. The summed E-state index contributed by atoms with van der Waals surface area (Å²) < 4.78 is 64.1. The molecule has 6 aliphatic heterocycles. The molecule has 0 aliphatic carbocycles. The molecule has 6 aromatic carbocycles. The van der Waals surface area contributed by atoms with Gasteiger partial charge in [0.2, 0.25) is 11.8 Å². The standard InChI is InChI=1S/C17H23ClN4O2.C17H22ClN3O2.C17H24N4O2.C16H21FN4O2.C15H19ClN4O2.C15H19FN4O2/c1-17(2,20-16(23)11-9-19-7-8-24-10-11)15-12-5-4-6-13(18)14(12)22(3)21-15;1-17(2,8-14(22)11-9-19-6-7-23-10-11)16-12-4-3-5-13(18)15(12)20-21-16;1-11-6-5-7-12-14(11)21(4)20-15(12)17(2,3)19-16(22)13-10-18-8-9-23-13;1-16(2,19-15(22)10-8-18-6-7-23-9-10)14-11-4-3-5-12(17)13(11)20-21-14;2*1-15(2,18-14(21)11-8-17-6-7-22-11)13-9-4-3-5-10(16)12(9)19-20-13/h4-6,11,19H,7-10H2,1-3H3,(H,20,23);3-5,11,19H,6-10H2,1-2H3,(H,20,21);5-7,13,18H,8-10H2,1-4H3,(H,19,22);3-5,10,18H,6-9H2,1-2H3,(H,19,22)(H,20,21);2*3-5,11,17H,6-8H2,1-2H3,(H,18,21)(H,19,20)/t;;13-;;2*11-/m..0.00/s1. The van der Waals surface area contributed by atoms with Crippen LogP contribution >= 0.6 is 34.8 Å². The smallest absolute Gasteiger partial charge is 0.251 e. The summed E-state index contributed by atoms with van der Waals surface area (Å²) in [6, 6.07) is 32.8. The molecule has 0 saturated carbocycles. The summed E-state index contributed by atoms with van der Waals surface area (Å²) in [6.07, 6.45) is -0.989. The van der Waals surface area contributed by atoms with Gasteiger partial charge in [0.25, 0.3) is 17.7 Å². The number of halogens is 5. The van der Waals surface area contributed by atoms with Crippen molar-refractivity contribution in [2.45, 2.75) is 148 Å². The summed E-state index contributed by atoms with van der Waals surface area (Å²) in [7, 11) is 3.80. The molecule has 18 rings (SSSR count). The van der Waals surface area contributed by atoms with Crippen LogP contribution in [-0.4, -0.2) is 252 Å². The molecule has 738 valence electrons. The van der Waals surface area contributed by atoms with Crippen LogP contribution in [0, 0.1) is 36.3 Å². The van der Waals surface area contributed by atoms with Gasteiger partial charge >= 0.3 is 0 Å². The number of ketones is 1. The number of Topliss-reactive ketones (excluding diaryl/α,β-unsaturated/α-hetero) is 1. The van der Waals surface area contributed by atoms with E-state index in [-0.39, 0.29) is 81.2 Å². The summed E-state index contributed by atoms with van der Waals surface area (Å²) >= 11 is 18.6. The van der Waals surface area contributed by atoms with Crippen molar-refractivity contribution in [1.29, 1.82) is 0 Å². The molecule has 0 radical (unpaired) electrons. The van der Waals surface area contributed by atoms with Gasteiger partial charge < -0.3 is 86.9 Å². The van der Waals surface area contributed by atoms with Crippen LogP contribution in [0.4, 0.5) is 8.78 Å². The molecule has 137 heavy (non-hydrogen) atoms. The van der Waals surface area contributed by atoms with Crippen LogP contribution in [0.15, 0.2) is 109 Å². The number of hydrogen-bond acceptors (Lipinski definition) is 24. The molecular formula is C97H128Cl3F2N23O12. The summed E-state index contributed by atoms with van der Waals surface area (Å²) in [5.74, 6) is -1.65. The number of amides is 5. The maximum absolute atomic E-state index is 13.8. The number of nitrogens with one attached hydrogen (secondary N) is 15. The molecule has 0 bridgehead atoms. The van der Waals surface area contributed by atoms with Crippen molar-refractivity contribution in [3.63, 3.8) is 0 Å². The molecule has 5 amide bonds. The fourth-order valence-electron chi connectivity index (χ4n) is 17.5. The van der Waals surface area contributed by atoms with Gasteiger partial charge in [-0.25, -0.2) is 8.78 Å². The van der Waals surface area contributed by atoms with Crippen LogP contribution in [0.3, 0.4) is 0 Å². The van der Waals surface area contributed by atoms with Gasteiger partial charge in [-0.1, -0.05) is 128 Å². The molecule has 15 N–H and O–H groups in total. The number of nitrogens with zero attached hydrogens (tertiary/aromatic N) is 8. The topological polar surface area (TPSA) is 440 Å². The average Bonchev–Trinajstić information content (AvgIpc) is 1.62. The summed E-state index contributed by atoms with van der Waals surface area (Å²) in [4.78, 5) is 75.1. The van der Waals surface area contributed by atoms with Gasteiger partial charge in [-0.3, -0.25) is 58.5 Å². The van der Waals surface area contributed by atoms with E-state index in [1.54, 1.807) is 35.0 Å². The van der Waals surface area contributed by atoms with E-state index >= 15 is 0 Å². The lowest BCUT2D eigenvalue weighted by Crippen LogP contribution is -2.52. The zero-order valence-corrected chi connectivity index (χ0v) is 82.5. The molecule has 12 aromatic rings. The molecule has 12 heterocycles. The Labute approximate surface area is 809 Å². The van der Waals surface area contributed by atoms with Crippen molar-refractivity contribution in [1.82, 2.24) is 119 Å². The second kappa shape index (κ2) is 45.6. The summed E-state index contributed by atoms with van der Waals surface area (Å²) in [6.45, 7) is 38.3. The number of aromatic amines is 4. The number of carbonyl (C=O) groups is 6. The molecule has 6 atom stereocenters. The normalized spacial score (nSPS) is 19.4. The van der Waals surface area contributed by atoms with Crippen LogP contribution in [0.2, 0.25) is 15.1 Å². The number of hydrogen-bond donors (Lipinski definition) is 15. The highest BCUT2D eigenvalue weighted by molar-refractivity contribution is 6.36. The van der Waals surface area contributed by atoms with Crippen molar-refractivity contribution < 1.29 is 66.0 Å². The minimum atomic E-state index is -0.722. The number of fused-ring (bicyclic) bond motifs is 6. The lowest BCUT2D eigenvalue weighted by atomic mass is 9.80. The number of aromatic nitrogens is 12. The van der Waals surface area contributed by atoms with Crippen LogP contribution in [0.1, 0.15) is 129 Å². The minimum Gasteiger partial charge on any atom is -0.379 e. The zero-order valence-electron chi connectivity index (χ0n) is 80.3. The Morgan fingerprint density at radius 2 is 0.679 bits per heavy atom. The third kappa shape index (κ3) is 25.4. The summed E-state index contributed by atoms with van der Waals surface area (Å²) in [5.41, 5.74) is 6.37. The van der Waals surface area contributed by atoms with Gasteiger partial charge in [0.15, 0.2) is 11.6 Å². The largest absolute Gasteiger partial charge is 0.379 e. The van der Waals surface area contributed by atoms with Crippen LogP contribution in [0.5, 0.6) is 0 Å². The number of H-pyrrole nitrogens is 4. The Morgan fingerprint density at radius 3 is 1.09 bits per heavy atom. The van der Waals surface area contributed by atoms with E-state index in [4.69, 9.17) is 63.2 Å². The Balaban J connectivity index is 0.000000139. The highest BCUT2D eigenvalue weighted by atomic mass is 35.5. The van der Waals surface area contributed by atoms with Crippen LogP contribution < -0.4 is 58.5 Å². The van der Waals surface area contributed by atoms with Crippen molar-refractivity contribution in [3.05, 3.63) is 176 Å². The lowest BCUT2D eigenvalue weighted by molar-refractivity contribution is -0.136. The molecular weight excluding hydrogens is 1820 g/mol. The number of benzene rings is 6. The van der Waals surface area contributed by atoms with Gasteiger partial charge in [-0.15, -0.1) is 0 Å². The van der Waals surface area contributed by atoms with Crippen molar-refractivity contribution in [3.8, 4) is 0 Å². The Bertz CT molecular complexity index is 5940. The number of morpholine rings is 3. The first-order valence-corrected chi connectivity index (χ1v) is 47.4. The molecule has 6 aliphatic rings. The van der Waals surface area contributed by atoms with Gasteiger partial charge in [0.05, 0.1) is 159 Å². The highest BCUT2D eigenvalue weighted by Gasteiger charge is 2.40. The Kier molecular flexibility index (Phi) is 34.5. The van der Waals surface area contributed by atoms with E-state index in [0.29, 0.717) is 148 Å². The third-order valence-corrected chi connectivity index (χ3v) is 25.7. The van der Waals surface area contributed by atoms with Gasteiger partial charge in [0, 0.05) is 142 Å². The predicted octanol–water partition coefficient (Wildman–Crippen LogP) is 9.61. The van der Waals surface area contributed by atoms with Crippen LogP contribution in [0.25, 0.3) is 65.4 Å². The number of carbonyl (C=O) groups excluding carboxylic acids is 6. The second-order valence-corrected chi connectivity index (χ2v) is 39.4. The van der Waals surface area contributed by atoms with Gasteiger partial charge in [-0.05, 0) is 112 Å². The van der Waals surface area contributed by atoms with Gasteiger partial charge in [0.1, 0.15) is 46.2 Å².